The maximum absolute atomic E-state index is 13.4. The highest BCUT2D eigenvalue weighted by Gasteiger charge is 2.04. The van der Waals surface area contributed by atoms with Crippen LogP contribution in [0.2, 0.25) is 0 Å². The van der Waals surface area contributed by atoms with Crippen molar-refractivity contribution in [1.82, 2.24) is 0 Å². The molecule has 2 aromatic carbocycles. The average Bonchev–Trinajstić information content (AvgIpc) is 2.39. The van der Waals surface area contributed by atoms with Gasteiger partial charge in [-0.15, -0.1) is 0 Å². The van der Waals surface area contributed by atoms with Crippen molar-refractivity contribution < 1.29 is 13.9 Å². The van der Waals surface area contributed by atoms with Crippen LogP contribution in [-0.4, -0.2) is 7.11 Å². The van der Waals surface area contributed by atoms with Crippen molar-refractivity contribution in [2.75, 3.05) is 12.8 Å². The van der Waals surface area contributed by atoms with Gasteiger partial charge < -0.3 is 15.2 Å². The van der Waals surface area contributed by atoms with E-state index in [4.69, 9.17) is 15.2 Å². The van der Waals surface area contributed by atoms with E-state index in [-0.39, 0.29) is 12.4 Å². The molecule has 0 aliphatic carbocycles. The summed E-state index contributed by atoms with van der Waals surface area (Å²) >= 11 is 0. The molecule has 4 heteroatoms. The highest BCUT2D eigenvalue weighted by Crippen LogP contribution is 2.27. The quantitative estimate of drug-likeness (QED) is 0.845. The molecule has 18 heavy (non-hydrogen) atoms. The summed E-state index contributed by atoms with van der Waals surface area (Å²) < 4.78 is 24.0. The number of rotatable bonds is 4. The molecule has 0 spiro atoms. The molecule has 0 aliphatic rings. The van der Waals surface area contributed by atoms with Crippen LogP contribution in [-0.2, 0) is 6.61 Å². The number of hydrogen-bond donors (Lipinski definition) is 1. The molecule has 0 aliphatic heterocycles. The van der Waals surface area contributed by atoms with Gasteiger partial charge in [-0.2, -0.15) is 0 Å². The topological polar surface area (TPSA) is 44.5 Å². The van der Waals surface area contributed by atoms with Gasteiger partial charge in [0, 0.05) is 11.6 Å². The number of halogens is 1. The summed E-state index contributed by atoms with van der Waals surface area (Å²) in [5.74, 6) is 0.852. The Morgan fingerprint density at radius 3 is 2.67 bits per heavy atom. The maximum Gasteiger partial charge on any atom is 0.145 e. The second kappa shape index (κ2) is 5.40. The second-order valence-electron chi connectivity index (χ2n) is 3.78. The molecule has 0 saturated heterocycles. The lowest BCUT2D eigenvalue weighted by Gasteiger charge is -2.10. The fourth-order valence-corrected chi connectivity index (χ4v) is 1.56. The molecule has 94 valence electrons. The van der Waals surface area contributed by atoms with Crippen molar-refractivity contribution in [3.8, 4) is 11.5 Å². The number of ether oxygens (including phenoxy) is 2. The van der Waals surface area contributed by atoms with Gasteiger partial charge in [-0.05, 0) is 18.2 Å². The fraction of sp³-hybridized carbons (Fsp3) is 0.143. The number of nitrogen functional groups attached to an aromatic ring is 1. The Balaban J connectivity index is 2.09. The van der Waals surface area contributed by atoms with Crippen LogP contribution < -0.4 is 15.2 Å². The van der Waals surface area contributed by atoms with Gasteiger partial charge in [-0.1, -0.05) is 18.2 Å². The molecule has 0 amide bonds. The number of methoxy groups -OCH3 is 1. The summed E-state index contributed by atoms with van der Waals surface area (Å²) in [6, 6.07) is 11.6. The highest BCUT2D eigenvalue weighted by molar-refractivity contribution is 5.55. The molecule has 0 saturated carbocycles. The molecule has 2 rings (SSSR count). The summed E-state index contributed by atoms with van der Waals surface area (Å²) in [5.41, 5.74) is 6.74. The van der Waals surface area contributed by atoms with Crippen LogP contribution in [0.1, 0.15) is 5.56 Å². The van der Waals surface area contributed by atoms with E-state index in [0.29, 0.717) is 22.7 Å². The third-order valence-electron chi connectivity index (χ3n) is 2.56. The second-order valence-corrected chi connectivity index (χ2v) is 3.78. The molecule has 0 bridgehead atoms. The van der Waals surface area contributed by atoms with Gasteiger partial charge in [0.1, 0.15) is 23.9 Å². The van der Waals surface area contributed by atoms with Crippen LogP contribution in [0.5, 0.6) is 11.5 Å². The van der Waals surface area contributed by atoms with E-state index in [0.717, 1.165) is 0 Å². The number of hydrogen-bond acceptors (Lipinski definition) is 3. The Kier molecular flexibility index (Phi) is 3.67. The summed E-state index contributed by atoms with van der Waals surface area (Å²) in [4.78, 5) is 0. The Morgan fingerprint density at radius 1 is 1.17 bits per heavy atom. The van der Waals surface area contributed by atoms with Gasteiger partial charge in [-0.3, -0.25) is 0 Å². The Hall–Kier alpha value is -2.23. The van der Waals surface area contributed by atoms with Crippen LogP contribution in [0.25, 0.3) is 0 Å². The van der Waals surface area contributed by atoms with Crippen LogP contribution >= 0.6 is 0 Å². The SMILES string of the molecule is COc1cc(OCc2ccccc2F)ccc1N. The lowest BCUT2D eigenvalue weighted by atomic mass is 10.2. The lowest BCUT2D eigenvalue weighted by Crippen LogP contribution is -1.99. The monoisotopic (exact) mass is 247 g/mol. The minimum atomic E-state index is -0.278. The summed E-state index contributed by atoms with van der Waals surface area (Å²) in [6.45, 7) is 0.166. The number of anilines is 1. The first-order valence-electron chi connectivity index (χ1n) is 5.50. The molecule has 3 nitrogen and oxygen atoms in total. The molecule has 2 aromatic rings. The highest BCUT2D eigenvalue weighted by atomic mass is 19.1. The Morgan fingerprint density at radius 2 is 1.94 bits per heavy atom. The molecule has 0 aromatic heterocycles. The predicted octanol–water partition coefficient (Wildman–Crippen LogP) is 3.00. The van der Waals surface area contributed by atoms with E-state index in [1.807, 2.05) is 0 Å². The van der Waals surface area contributed by atoms with E-state index < -0.39 is 0 Å². The first-order chi connectivity index (χ1) is 8.70. The fourth-order valence-electron chi connectivity index (χ4n) is 1.56. The predicted molar refractivity (Wildman–Crippen MR) is 68.1 cm³/mol. The zero-order valence-corrected chi connectivity index (χ0v) is 10.0. The van der Waals surface area contributed by atoms with E-state index in [9.17, 15) is 4.39 Å². The molecular formula is C14H14FNO2. The maximum atomic E-state index is 13.4. The summed E-state index contributed by atoms with van der Waals surface area (Å²) in [6.07, 6.45) is 0. The third-order valence-corrected chi connectivity index (χ3v) is 2.56. The van der Waals surface area contributed by atoms with Crippen molar-refractivity contribution in [1.29, 1.82) is 0 Å². The molecule has 0 atom stereocenters. The zero-order valence-electron chi connectivity index (χ0n) is 10.0. The molecule has 0 radical (unpaired) electrons. The molecular weight excluding hydrogens is 233 g/mol. The van der Waals surface area contributed by atoms with Crippen LogP contribution in [0, 0.1) is 5.82 Å². The van der Waals surface area contributed by atoms with Gasteiger partial charge in [0.15, 0.2) is 0 Å². The summed E-state index contributed by atoms with van der Waals surface area (Å²) in [7, 11) is 1.53. The largest absolute Gasteiger partial charge is 0.494 e. The smallest absolute Gasteiger partial charge is 0.145 e. The molecule has 0 unspecified atom stereocenters. The van der Waals surface area contributed by atoms with E-state index in [1.165, 1.54) is 13.2 Å². The molecule has 2 N–H and O–H groups in total. The van der Waals surface area contributed by atoms with E-state index in [1.54, 1.807) is 36.4 Å². The van der Waals surface area contributed by atoms with Crippen LogP contribution in [0.3, 0.4) is 0 Å². The Labute approximate surface area is 105 Å². The van der Waals surface area contributed by atoms with Gasteiger partial charge >= 0.3 is 0 Å². The van der Waals surface area contributed by atoms with Crippen molar-refractivity contribution in [2.45, 2.75) is 6.61 Å². The first-order valence-corrected chi connectivity index (χ1v) is 5.50. The standard InChI is InChI=1S/C14H14FNO2/c1-17-14-8-11(6-7-13(14)16)18-9-10-4-2-3-5-12(10)15/h2-8H,9,16H2,1H3. The van der Waals surface area contributed by atoms with Gasteiger partial charge in [-0.25, -0.2) is 4.39 Å². The minimum Gasteiger partial charge on any atom is -0.494 e. The molecule has 0 fully saturated rings. The third kappa shape index (κ3) is 2.71. The number of nitrogens with two attached hydrogens (primary N) is 1. The summed E-state index contributed by atoms with van der Waals surface area (Å²) in [5, 5.41) is 0. The van der Waals surface area contributed by atoms with Crippen LogP contribution in [0.15, 0.2) is 42.5 Å². The van der Waals surface area contributed by atoms with E-state index >= 15 is 0 Å². The minimum absolute atomic E-state index is 0.166. The zero-order chi connectivity index (χ0) is 13.0. The lowest BCUT2D eigenvalue weighted by molar-refractivity contribution is 0.297. The van der Waals surface area contributed by atoms with Crippen LogP contribution in [0.4, 0.5) is 10.1 Å². The first kappa shape index (κ1) is 12.2. The number of benzene rings is 2. The van der Waals surface area contributed by atoms with Crippen molar-refractivity contribution in [2.24, 2.45) is 0 Å². The normalized spacial score (nSPS) is 10.1. The van der Waals surface area contributed by atoms with Gasteiger partial charge in [0.05, 0.1) is 12.8 Å². The van der Waals surface area contributed by atoms with Crippen molar-refractivity contribution in [3.05, 3.63) is 53.8 Å². The Bertz CT molecular complexity index is 543. The molecule has 0 heterocycles. The average molecular weight is 247 g/mol. The van der Waals surface area contributed by atoms with Gasteiger partial charge in [0.2, 0.25) is 0 Å². The van der Waals surface area contributed by atoms with E-state index in [2.05, 4.69) is 0 Å². The van der Waals surface area contributed by atoms with Crippen molar-refractivity contribution in [3.63, 3.8) is 0 Å². The van der Waals surface area contributed by atoms with Crippen molar-refractivity contribution >= 4 is 5.69 Å². The van der Waals surface area contributed by atoms with Gasteiger partial charge in [0.25, 0.3) is 0 Å².